The van der Waals surface area contributed by atoms with Gasteiger partial charge in [0.15, 0.2) is 0 Å². The molecule has 0 amide bonds. The smallest absolute Gasteiger partial charge is 0.311 e. The Bertz CT molecular complexity index is 835. The standard InChI is InChI=1S/C14H10N4O3/c15-14-16-10-6-2-1-5-9(10)13(17-14)21-12-8-4-3-7-11(12)18(19)20/h1-8H,(H2,15,16,17). The number of nitro benzene ring substituents is 1. The zero-order chi connectivity index (χ0) is 14.8. The number of nitro groups is 1. The fourth-order valence-corrected chi connectivity index (χ4v) is 1.94. The number of nitrogen functional groups attached to an aromatic ring is 1. The first-order valence-corrected chi connectivity index (χ1v) is 6.08. The summed E-state index contributed by atoms with van der Waals surface area (Å²) >= 11 is 0. The second-order valence-electron chi connectivity index (χ2n) is 4.23. The summed E-state index contributed by atoms with van der Waals surface area (Å²) in [6, 6.07) is 13.2. The van der Waals surface area contributed by atoms with E-state index < -0.39 is 4.92 Å². The molecule has 0 radical (unpaired) electrons. The van der Waals surface area contributed by atoms with Crippen LogP contribution in [0.5, 0.6) is 11.6 Å². The first-order chi connectivity index (χ1) is 10.1. The molecule has 0 unspecified atom stereocenters. The molecule has 7 nitrogen and oxygen atoms in total. The summed E-state index contributed by atoms with van der Waals surface area (Å²) in [7, 11) is 0. The van der Waals surface area contributed by atoms with Crippen LogP contribution in [0, 0.1) is 10.1 Å². The van der Waals surface area contributed by atoms with Crippen LogP contribution in [-0.4, -0.2) is 14.9 Å². The van der Waals surface area contributed by atoms with Crippen LogP contribution in [0.1, 0.15) is 0 Å². The van der Waals surface area contributed by atoms with E-state index in [-0.39, 0.29) is 23.3 Å². The molecule has 0 aliphatic rings. The number of anilines is 1. The minimum absolute atomic E-state index is 0.0438. The van der Waals surface area contributed by atoms with Gasteiger partial charge in [-0.05, 0) is 18.2 Å². The summed E-state index contributed by atoms with van der Waals surface area (Å²) in [6.45, 7) is 0. The predicted molar refractivity (Wildman–Crippen MR) is 77.1 cm³/mol. The van der Waals surface area contributed by atoms with E-state index in [1.54, 1.807) is 30.3 Å². The Morgan fingerprint density at radius 3 is 2.57 bits per heavy atom. The third-order valence-electron chi connectivity index (χ3n) is 2.85. The normalized spacial score (nSPS) is 10.5. The maximum Gasteiger partial charge on any atom is 0.311 e. The summed E-state index contributed by atoms with van der Waals surface area (Å²) in [4.78, 5) is 18.6. The van der Waals surface area contributed by atoms with Gasteiger partial charge in [0.2, 0.25) is 17.6 Å². The topological polar surface area (TPSA) is 104 Å². The lowest BCUT2D eigenvalue weighted by molar-refractivity contribution is -0.385. The van der Waals surface area contributed by atoms with Gasteiger partial charge >= 0.3 is 5.69 Å². The van der Waals surface area contributed by atoms with Gasteiger partial charge < -0.3 is 10.5 Å². The molecule has 0 fully saturated rings. The van der Waals surface area contributed by atoms with Crippen molar-refractivity contribution in [3.8, 4) is 11.6 Å². The number of hydrogen-bond acceptors (Lipinski definition) is 6. The largest absolute Gasteiger partial charge is 0.431 e. The molecule has 104 valence electrons. The Hall–Kier alpha value is -3.22. The number of rotatable bonds is 3. The highest BCUT2D eigenvalue weighted by atomic mass is 16.6. The van der Waals surface area contributed by atoms with Crippen molar-refractivity contribution in [2.24, 2.45) is 0 Å². The van der Waals surface area contributed by atoms with Crippen LogP contribution in [0.2, 0.25) is 0 Å². The zero-order valence-corrected chi connectivity index (χ0v) is 10.8. The van der Waals surface area contributed by atoms with Crippen molar-refractivity contribution in [1.82, 2.24) is 9.97 Å². The number of benzene rings is 2. The van der Waals surface area contributed by atoms with Crippen LogP contribution < -0.4 is 10.5 Å². The molecule has 2 aromatic carbocycles. The van der Waals surface area contributed by atoms with Gasteiger partial charge in [0.05, 0.1) is 15.8 Å². The average molecular weight is 282 g/mol. The maximum atomic E-state index is 11.0. The lowest BCUT2D eigenvalue weighted by atomic mass is 10.2. The van der Waals surface area contributed by atoms with E-state index >= 15 is 0 Å². The molecule has 2 N–H and O–H groups in total. The molecule has 0 spiro atoms. The minimum Gasteiger partial charge on any atom is -0.431 e. The van der Waals surface area contributed by atoms with Crippen molar-refractivity contribution in [3.05, 3.63) is 58.6 Å². The van der Waals surface area contributed by atoms with Gasteiger partial charge in [-0.2, -0.15) is 4.98 Å². The van der Waals surface area contributed by atoms with E-state index in [2.05, 4.69) is 9.97 Å². The first-order valence-electron chi connectivity index (χ1n) is 6.08. The molecule has 3 aromatic rings. The molecule has 1 heterocycles. The molecule has 3 rings (SSSR count). The van der Waals surface area contributed by atoms with Gasteiger partial charge in [0, 0.05) is 6.07 Å². The van der Waals surface area contributed by atoms with Crippen molar-refractivity contribution in [2.45, 2.75) is 0 Å². The second kappa shape index (κ2) is 5.04. The van der Waals surface area contributed by atoms with E-state index in [0.29, 0.717) is 10.9 Å². The number of ether oxygens (including phenoxy) is 1. The van der Waals surface area contributed by atoms with Crippen LogP contribution in [0.3, 0.4) is 0 Å². The molecular formula is C14H10N4O3. The molecule has 0 aliphatic carbocycles. The molecule has 0 saturated heterocycles. The zero-order valence-electron chi connectivity index (χ0n) is 10.8. The maximum absolute atomic E-state index is 11.0. The quantitative estimate of drug-likeness (QED) is 0.585. The van der Waals surface area contributed by atoms with Crippen LogP contribution in [0.15, 0.2) is 48.5 Å². The van der Waals surface area contributed by atoms with E-state index in [0.717, 1.165) is 0 Å². The Kier molecular flexibility index (Phi) is 3.07. The lowest BCUT2D eigenvalue weighted by Crippen LogP contribution is -2.00. The van der Waals surface area contributed by atoms with Gasteiger partial charge in [0.25, 0.3) is 0 Å². The molecule has 21 heavy (non-hydrogen) atoms. The van der Waals surface area contributed by atoms with Crippen molar-refractivity contribution in [1.29, 1.82) is 0 Å². The summed E-state index contributed by atoms with van der Waals surface area (Å²) in [5.41, 5.74) is 6.11. The first kappa shape index (κ1) is 12.8. The van der Waals surface area contributed by atoms with Gasteiger partial charge in [-0.1, -0.05) is 24.3 Å². The van der Waals surface area contributed by atoms with Gasteiger partial charge in [-0.3, -0.25) is 10.1 Å². The molecule has 0 aliphatic heterocycles. The van der Waals surface area contributed by atoms with Crippen LogP contribution >= 0.6 is 0 Å². The van der Waals surface area contributed by atoms with Gasteiger partial charge in [-0.15, -0.1) is 0 Å². The van der Waals surface area contributed by atoms with E-state index in [4.69, 9.17) is 10.5 Å². The van der Waals surface area contributed by atoms with Crippen molar-refractivity contribution in [3.63, 3.8) is 0 Å². The highest BCUT2D eigenvalue weighted by molar-refractivity contribution is 5.84. The Morgan fingerprint density at radius 1 is 1.05 bits per heavy atom. The third kappa shape index (κ3) is 2.44. The van der Waals surface area contributed by atoms with Crippen molar-refractivity contribution in [2.75, 3.05) is 5.73 Å². The Balaban J connectivity index is 2.13. The number of fused-ring (bicyclic) bond motifs is 1. The minimum atomic E-state index is -0.512. The second-order valence-corrected chi connectivity index (χ2v) is 4.23. The third-order valence-corrected chi connectivity index (χ3v) is 2.85. The molecular weight excluding hydrogens is 272 g/mol. The molecule has 1 aromatic heterocycles. The molecule has 0 saturated carbocycles. The van der Waals surface area contributed by atoms with Crippen molar-refractivity contribution < 1.29 is 9.66 Å². The van der Waals surface area contributed by atoms with Crippen LogP contribution in [0.25, 0.3) is 10.9 Å². The highest BCUT2D eigenvalue weighted by Gasteiger charge is 2.16. The summed E-state index contributed by atoms with van der Waals surface area (Å²) in [5, 5.41) is 11.6. The van der Waals surface area contributed by atoms with Crippen LogP contribution in [-0.2, 0) is 0 Å². The van der Waals surface area contributed by atoms with Gasteiger partial charge in [-0.25, -0.2) is 4.98 Å². The fraction of sp³-hybridized carbons (Fsp3) is 0. The Morgan fingerprint density at radius 2 is 1.76 bits per heavy atom. The number of nitrogens with two attached hydrogens (primary N) is 1. The fourth-order valence-electron chi connectivity index (χ4n) is 1.94. The van der Waals surface area contributed by atoms with E-state index in [1.165, 1.54) is 12.1 Å². The summed E-state index contributed by atoms with van der Waals surface area (Å²) in [5.74, 6) is 0.334. The Labute approximate surface area is 119 Å². The van der Waals surface area contributed by atoms with Crippen LogP contribution in [0.4, 0.5) is 11.6 Å². The molecule has 0 bridgehead atoms. The highest BCUT2D eigenvalue weighted by Crippen LogP contribution is 2.33. The van der Waals surface area contributed by atoms with Gasteiger partial charge in [0.1, 0.15) is 0 Å². The number of nitrogens with zero attached hydrogens (tertiary/aromatic N) is 3. The number of aromatic nitrogens is 2. The SMILES string of the molecule is Nc1nc(Oc2ccccc2[N+](=O)[O-])c2ccccc2n1. The van der Waals surface area contributed by atoms with E-state index in [1.807, 2.05) is 6.07 Å². The van der Waals surface area contributed by atoms with E-state index in [9.17, 15) is 10.1 Å². The molecule has 7 heteroatoms. The summed E-state index contributed by atoms with van der Waals surface area (Å²) < 4.78 is 5.59. The average Bonchev–Trinajstić information content (AvgIpc) is 2.47. The lowest BCUT2D eigenvalue weighted by Gasteiger charge is -2.08. The van der Waals surface area contributed by atoms with Crippen molar-refractivity contribution >= 4 is 22.5 Å². The summed E-state index contributed by atoms with van der Waals surface area (Å²) in [6.07, 6.45) is 0. The number of hydrogen-bond donors (Lipinski definition) is 1. The number of para-hydroxylation sites is 3. The molecule has 0 atom stereocenters. The monoisotopic (exact) mass is 282 g/mol. The predicted octanol–water partition coefficient (Wildman–Crippen LogP) is 2.91.